The normalized spacial score (nSPS) is 48.6. The van der Waals surface area contributed by atoms with Gasteiger partial charge in [-0.25, -0.2) is 0 Å². The van der Waals surface area contributed by atoms with Crippen LogP contribution >= 0.6 is 0 Å². The summed E-state index contributed by atoms with van der Waals surface area (Å²) in [6.07, 6.45) is -1.34. The predicted molar refractivity (Wildman–Crippen MR) is 54.0 cm³/mol. The van der Waals surface area contributed by atoms with Crippen molar-refractivity contribution in [2.24, 2.45) is 0 Å². The molecule has 0 radical (unpaired) electrons. The van der Waals surface area contributed by atoms with Crippen molar-refractivity contribution in [1.82, 2.24) is 0 Å². The van der Waals surface area contributed by atoms with Gasteiger partial charge in [-0.3, -0.25) is 4.79 Å². The lowest BCUT2D eigenvalue weighted by molar-refractivity contribution is -0.263. The topological polar surface area (TPSA) is 63.2 Å². The molecule has 0 N–H and O–H groups in total. The van der Waals surface area contributed by atoms with Crippen molar-refractivity contribution in [3.05, 3.63) is 0 Å². The first-order valence-electron chi connectivity index (χ1n) is 5.75. The van der Waals surface area contributed by atoms with Crippen LogP contribution in [0.1, 0.15) is 20.8 Å². The van der Waals surface area contributed by atoms with E-state index in [9.17, 15) is 4.79 Å². The molecule has 0 saturated carbocycles. The van der Waals surface area contributed by atoms with Crippen molar-refractivity contribution in [3.8, 4) is 0 Å². The van der Waals surface area contributed by atoms with Gasteiger partial charge in [0.15, 0.2) is 18.2 Å². The standard InChI is InChI=1S/C11H16O6/c1-6-15-7-4-13-11(9(12)8(7)16-6)5-14-10(2,3)17-11/h6-8H,4-5H2,1-3H3/t6?,7-,8-,11+/m1/s1. The van der Waals surface area contributed by atoms with Crippen LogP contribution in [0.2, 0.25) is 0 Å². The molecular formula is C11H16O6. The average molecular weight is 244 g/mol. The first-order valence-corrected chi connectivity index (χ1v) is 5.75. The van der Waals surface area contributed by atoms with E-state index in [0.717, 1.165) is 0 Å². The summed E-state index contributed by atoms with van der Waals surface area (Å²) in [5.74, 6) is -2.38. The van der Waals surface area contributed by atoms with Crippen molar-refractivity contribution in [3.63, 3.8) is 0 Å². The third kappa shape index (κ3) is 1.71. The highest BCUT2D eigenvalue weighted by atomic mass is 16.8. The Hall–Kier alpha value is -0.530. The van der Waals surface area contributed by atoms with Gasteiger partial charge in [-0.1, -0.05) is 0 Å². The Morgan fingerprint density at radius 3 is 2.65 bits per heavy atom. The highest BCUT2D eigenvalue weighted by molar-refractivity contribution is 5.91. The van der Waals surface area contributed by atoms with Crippen LogP contribution < -0.4 is 0 Å². The number of hydrogen-bond acceptors (Lipinski definition) is 6. The van der Waals surface area contributed by atoms with Gasteiger partial charge in [0.1, 0.15) is 12.7 Å². The molecule has 0 amide bonds. The number of hydrogen-bond donors (Lipinski definition) is 0. The van der Waals surface area contributed by atoms with Crippen LogP contribution in [0.4, 0.5) is 0 Å². The lowest BCUT2D eigenvalue weighted by Crippen LogP contribution is -2.58. The first kappa shape index (κ1) is 11.6. The average Bonchev–Trinajstić information content (AvgIpc) is 2.75. The van der Waals surface area contributed by atoms with E-state index in [1.165, 1.54) is 0 Å². The van der Waals surface area contributed by atoms with Crippen LogP contribution in [0.3, 0.4) is 0 Å². The Bertz CT molecular complexity index is 354. The number of ketones is 1. The van der Waals surface area contributed by atoms with Crippen molar-refractivity contribution in [2.75, 3.05) is 13.2 Å². The molecule has 0 aromatic carbocycles. The maximum absolute atomic E-state index is 12.3. The molecule has 0 aromatic heterocycles. The summed E-state index contributed by atoms with van der Waals surface area (Å²) < 4.78 is 27.4. The maximum atomic E-state index is 12.3. The second-order valence-electron chi connectivity index (χ2n) is 5.02. The number of carbonyl (C=O) groups excluding carboxylic acids is 1. The van der Waals surface area contributed by atoms with E-state index in [1.54, 1.807) is 20.8 Å². The third-order valence-electron chi connectivity index (χ3n) is 3.18. The van der Waals surface area contributed by atoms with Gasteiger partial charge in [0.25, 0.3) is 5.79 Å². The second-order valence-corrected chi connectivity index (χ2v) is 5.02. The van der Waals surface area contributed by atoms with Crippen molar-refractivity contribution in [2.45, 2.75) is 50.8 Å². The van der Waals surface area contributed by atoms with Crippen LogP contribution in [-0.4, -0.2) is 49.1 Å². The summed E-state index contributed by atoms with van der Waals surface area (Å²) in [6.45, 7) is 5.63. The molecular weight excluding hydrogens is 228 g/mol. The lowest BCUT2D eigenvalue weighted by Gasteiger charge is -2.35. The Morgan fingerprint density at radius 1 is 1.24 bits per heavy atom. The smallest absolute Gasteiger partial charge is 0.258 e. The van der Waals surface area contributed by atoms with Gasteiger partial charge in [0, 0.05) is 0 Å². The van der Waals surface area contributed by atoms with E-state index in [0.29, 0.717) is 0 Å². The molecule has 1 spiro atoms. The predicted octanol–water partition coefficient (Wildman–Crippen LogP) is 0.195. The molecule has 3 saturated heterocycles. The lowest BCUT2D eigenvalue weighted by atomic mass is 9.99. The van der Waals surface area contributed by atoms with Gasteiger partial charge in [-0.05, 0) is 20.8 Å². The highest BCUT2D eigenvalue weighted by Gasteiger charge is 2.60. The Balaban J connectivity index is 1.83. The molecule has 17 heavy (non-hydrogen) atoms. The second kappa shape index (κ2) is 3.49. The largest absolute Gasteiger partial charge is 0.344 e. The van der Waals surface area contributed by atoms with Crippen LogP contribution in [0.5, 0.6) is 0 Å². The van der Waals surface area contributed by atoms with Crippen molar-refractivity contribution in [1.29, 1.82) is 0 Å². The summed E-state index contributed by atoms with van der Waals surface area (Å²) in [6, 6.07) is 0. The molecule has 6 heteroatoms. The van der Waals surface area contributed by atoms with E-state index < -0.39 is 17.7 Å². The van der Waals surface area contributed by atoms with Gasteiger partial charge < -0.3 is 23.7 Å². The monoisotopic (exact) mass is 244 g/mol. The van der Waals surface area contributed by atoms with Crippen LogP contribution in [0.25, 0.3) is 0 Å². The molecule has 3 heterocycles. The number of fused-ring (bicyclic) bond motifs is 1. The fourth-order valence-electron chi connectivity index (χ4n) is 2.42. The molecule has 1 unspecified atom stereocenters. The summed E-state index contributed by atoms with van der Waals surface area (Å²) in [5.41, 5.74) is 0. The zero-order chi connectivity index (χ0) is 12.3. The molecule has 0 aliphatic carbocycles. The van der Waals surface area contributed by atoms with E-state index in [-0.39, 0.29) is 31.4 Å². The molecule has 3 rings (SSSR count). The fraction of sp³-hybridized carbons (Fsp3) is 0.909. The molecule has 6 nitrogen and oxygen atoms in total. The fourth-order valence-corrected chi connectivity index (χ4v) is 2.42. The minimum Gasteiger partial charge on any atom is -0.344 e. The van der Waals surface area contributed by atoms with Gasteiger partial charge in [-0.2, -0.15) is 0 Å². The van der Waals surface area contributed by atoms with E-state index in [4.69, 9.17) is 23.7 Å². The number of carbonyl (C=O) groups is 1. The maximum Gasteiger partial charge on any atom is 0.258 e. The first-order chi connectivity index (χ1) is 7.92. The summed E-state index contributed by atoms with van der Waals surface area (Å²) >= 11 is 0. The quantitative estimate of drug-likeness (QED) is 0.606. The Labute approximate surface area is 99.1 Å². The minimum atomic E-state index is -1.32. The minimum absolute atomic E-state index is 0.0970. The third-order valence-corrected chi connectivity index (χ3v) is 3.18. The van der Waals surface area contributed by atoms with E-state index in [1.807, 2.05) is 0 Å². The van der Waals surface area contributed by atoms with E-state index in [2.05, 4.69) is 0 Å². The molecule has 3 fully saturated rings. The van der Waals surface area contributed by atoms with Gasteiger partial charge in [0.05, 0.1) is 6.61 Å². The van der Waals surface area contributed by atoms with E-state index >= 15 is 0 Å². The van der Waals surface area contributed by atoms with Crippen LogP contribution in [0, 0.1) is 0 Å². The highest BCUT2D eigenvalue weighted by Crippen LogP contribution is 2.39. The molecule has 4 atom stereocenters. The molecule has 96 valence electrons. The van der Waals surface area contributed by atoms with Crippen molar-refractivity contribution >= 4 is 5.78 Å². The summed E-state index contributed by atoms with van der Waals surface area (Å²) in [4.78, 5) is 12.3. The van der Waals surface area contributed by atoms with Crippen LogP contribution in [-0.2, 0) is 28.5 Å². The molecule has 3 aliphatic rings. The molecule has 0 bridgehead atoms. The zero-order valence-corrected chi connectivity index (χ0v) is 10.1. The molecule has 3 aliphatic heterocycles. The summed E-state index contributed by atoms with van der Waals surface area (Å²) in [5, 5.41) is 0. The van der Waals surface area contributed by atoms with Crippen LogP contribution in [0.15, 0.2) is 0 Å². The number of rotatable bonds is 0. The summed E-state index contributed by atoms with van der Waals surface area (Å²) in [7, 11) is 0. The zero-order valence-electron chi connectivity index (χ0n) is 10.1. The Kier molecular flexibility index (Phi) is 2.37. The molecule has 0 aromatic rings. The number of ether oxygens (including phenoxy) is 5. The van der Waals surface area contributed by atoms with Gasteiger partial charge in [-0.15, -0.1) is 0 Å². The SMILES string of the molecule is CC1O[C@@H]2CO[C@]3(COC(C)(C)O3)C(=O)[C@@H]2O1. The number of Topliss-reactive ketones (excluding diaryl/α,β-unsaturated/α-hetero) is 1. The Morgan fingerprint density at radius 2 is 2.00 bits per heavy atom. The van der Waals surface area contributed by atoms with Gasteiger partial charge >= 0.3 is 0 Å². The van der Waals surface area contributed by atoms with Crippen molar-refractivity contribution < 1.29 is 28.5 Å². The van der Waals surface area contributed by atoms with Gasteiger partial charge in [0.2, 0.25) is 5.78 Å².